The van der Waals surface area contributed by atoms with Crippen LogP contribution in [0, 0.1) is 0 Å². The SMILES string of the molecule is CCCCOc1ccc(C(=O)NC(=S)Nc2ccc(-c3nc4ccccc4s3)c(Cl)c2)cc1. The first-order chi connectivity index (χ1) is 16.0. The number of benzene rings is 3. The molecule has 0 atom stereocenters. The minimum atomic E-state index is -0.301. The van der Waals surface area contributed by atoms with Crippen LogP contribution in [0.5, 0.6) is 5.75 Å². The van der Waals surface area contributed by atoms with Crippen LogP contribution in [-0.4, -0.2) is 22.6 Å². The monoisotopic (exact) mass is 495 g/mol. The molecule has 4 aromatic rings. The van der Waals surface area contributed by atoms with E-state index in [1.54, 1.807) is 41.7 Å². The van der Waals surface area contributed by atoms with Crippen LogP contribution in [0.3, 0.4) is 0 Å². The predicted molar refractivity (Wildman–Crippen MR) is 141 cm³/mol. The van der Waals surface area contributed by atoms with E-state index in [9.17, 15) is 4.79 Å². The molecule has 0 radical (unpaired) electrons. The van der Waals surface area contributed by atoms with Crippen molar-refractivity contribution in [1.29, 1.82) is 0 Å². The van der Waals surface area contributed by atoms with Crippen LogP contribution in [0.1, 0.15) is 30.1 Å². The maximum Gasteiger partial charge on any atom is 0.257 e. The van der Waals surface area contributed by atoms with Crippen LogP contribution in [-0.2, 0) is 0 Å². The summed E-state index contributed by atoms with van der Waals surface area (Å²) in [6.07, 6.45) is 2.06. The van der Waals surface area contributed by atoms with Crippen LogP contribution >= 0.6 is 35.2 Å². The van der Waals surface area contributed by atoms with E-state index in [2.05, 4.69) is 22.5 Å². The Morgan fingerprint density at radius 1 is 1.12 bits per heavy atom. The third-order valence-electron chi connectivity index (χ3n) is 4.86. The van der Waals surface area contributed by atoms with Gasteiger partial charge in [-0.15, -0.1) is 11.3 Å². The van der Waals surface area contributed by atoms with Gasteiger partial charge in [0, 0.05) is 16.8 Å². The number of amides is 1. The Morgan fingerprint density at radius 3 is 2.64 bits per heavy atom. The Bertz CT molecular complexity index is 1260. The van der Waals surface area contributed by atoms with Crippen molar-refractivity contribution >= 4 is 62.1 Å². The van der Waals surface area contributed by atoms with E-state index < -0.39 is 0 Å². The number of halogens is 1. The first-order valence-corrected chi connectivity index (χ1v) is 12.1. The van der Waals surface area contributed by atoms with Gasteiger partial charge in [0.2, 0.25) is 0 Å². The Morgan fingerprint density at radius 2 is 1.91 bits per heavy atom. The smallest absolute Gasteiger partial charge is 0.257 e. The van der Waals surface area contributed by atoms with Gasteiger partial charge in [0.05, 0.1) is 21.8 Å². The third kappa shape index (κ3) is 5.87. The number of nitrogens with zero attached hydrogens (tertiary/aromatic N) is 1. The number of unbranched alkanes of at least 4 members (excludes halogenated alkanes) is 1. The number of anilines is 1. The minimum Gasteiger partial charge on any atom is -0.494 e. The summed E-state index contributed by atoms with van der Waals surface area (Å²) in [5, 5.41) is 7.28. The van der Waals surface area contributed by atoms with E-state index in [0.29, 0.717) is 22.9 Å². The molecule has 33 heavy (non-hydrogen) atoms. The maximum atomic E-state index is 12.5. The molecule has 0 bridgehead atoms. The highest BCUT2D eigenvalue weighted by Gasteiger charge is 2.12. The molecule has 1 heterocycles. The maximum absolute atomic E-state index is 12.5. The van der Waals surface area contributed by atoms with Gasteiger partial charge in [0.25, 0.3) is 5.91 Å². The number of aromatic nitrogens is 1. The predicted octanol–water partition coefficient (Wildman–Crippen LogP) is 6.92. The fourth-order valence-electron chi connectivity index (χ4n) is 3.13. The van der Waals surface area contributed by atoms with E-state index in [-0.39, 0.29) is 11.0 Å². The van der Waals surface area contributed by atoms with Crippen LogP contribution < -0.4 is 15.4 Å². The topological polar surface area (TPSA) is 63.2 Å². The Labute approximate surface area is 206 Å². The van der Waals surface area contributed by atoms with E-state index in [4.69, 9.17) is 28.6 Å². The zero-order chi connectivity index (χ0) is 23.2. The van der Waals surface area contributed by atoms with Gasteiger partial charge in [0.15, 0.2) is 5.11 Å². The Balaban J connectivity index is 1.37. The molecule has 0 aliphatic rings. The second-order valence-electron chi connectivity index (χ2n) is 7.32. The number of thiocarbonyl (C=S) groups is 1. The number of hydrogen-bond donors (Lipinski definition) is 2. The minimum absolute atomic E-state index is 0.187. The van der Waals surface area contributed by atoms with E-state index in [1.807, 2.05) is 36.4 Å². The van der Waals surface area contributed by atoms with Crippen LogP contribution in [0.4, 0.5) is 5.69 Å². The lowest BCUT2D eigenvalue weighted by molar-refractivity contribution is 0.0977. The summed E-state index contributed by atoms with van der Waals surface area (Å²) in [5.74, 6) is 0.438. The number of hydrogen-bond acceptors (Lipinski definition) is 5. The molecule has 5 nitrogen and oxygen atoms in total. The summed E-state index contributed by atoms with van der Waals surface area (Å²) in [5.41, 5.74) is 2.96. The molecule has 4 rings (SSSR count). The van der Waals surface area contributed by atoms with Crippen molar-refractivity contribution in [3.63, 3.8) is 0 Å². The number of carbonyl (C=O) groups is 1. The number of ether oxygens (including phenoxy) is 1. The quantitative estimate of drug-likeness (QED) is 0.215. The summed E-state index contributed by atoms with van der Waals surface area (Å²) < 4.78 is 6.73. The molecule has 1 amide bonds. The van der Waals surface area contributed by atoms with Crippen molar-refractivity contribution in [3.8, 4) is 16.3 Å². The molecule has 0 saturated heterocycles. The number of para-hydroxylation sites is 1. The summed E-state index contributed by atoms with van der Waals surface area (Å²) >= 11 is 13.4. The van der Waals surface area contributed by atoms with Crippen molar-refractivity contribution in [2.75, 3.05) is 11.9 Å². The molecule has 0 fully saturated rings. The van der Waals surface area contributed by atoms with Gasteiger partial charge in [-0.05, 0) is 73.2 Å². The van der Waals surface area contributed by atoms with Gasteiger partial charge >= 0.3 is 0 Å². The lowest BCUT2D eigenvalue weighted by Gasteiger charge is -2.11. The molecule has 168 valence electrons. The molecule has 0 aliphatic carbocycles. The second-order valence-corrected chi connectivity index (χ2v) is 9.16. The zero-order valence-corrected chi connectivity index (χ0v) is 20.3. The zero-order valence-electron chi connectivity index (χ0n) is 17.9. The molecular formula is C25H22ClN3O2S2. The van der Waals surface area contributed by atoms with Gasteiger partial charge in [-0.1, -0.05) is 37.1 Å². The Kier molecular flexibility index (Phi) is 7.54. The highest BCUT2D eigenvalue weighted by molar-refractivity contribution is 7.80. The van der Waals surface area contributed by atoms with Crippen LogP contribution in [0.25, 0.3) is 20.8 Å². The summed E-state index contributed by atoms with van der Waals surface area (Å²) in [6.45, 7) is 2.77. The summed E-state index contributed by atoms with van der Waals surface area (Å²) in [4.78, 5) is 17.2. The van der Waals surface area contributed by atoms with E-state index >= 15 is 0 Å². The molecule has 2 N–H and O–H groups in total. The second kappa shape index (κ2) is 10.7. The molecular weight excluding hydrogens is 474 g/mol. The van der Waals surface area contributed by atoms with Crippen molar-refractivity contribution in [2.45, 2.75) is 19.8 Å². The lowest BCUT2D eigenvalue weighted by Crippen LogP contribution is -2.34. The van der Waals surface area contributed by atoms with E-state index in [1.165, 1.54) is 0 Å². The standard InChI is InChI=1S/C25H22ClN3O2S2/c1-2-3-14-31-18-11-8-16(9-12-18)23(30)29-25(32)27-17-10-13-19(20(26)15-17)24-28-21-6-4-5-7-22(21)33-24/h4-13,15H,2-3,14H2,1H3,(H2,27,29,30,32). The number of thiazole rings is 1. The summed E-state index contributed by atoms with van der Waals surface area (Å²) in [7, 11) is 0. The molecule has 0 saturated carbocycles. The average Bonchev–Trinajstić information content (AvgIpc) is 3.23. The van der Waals surface area contributed by atoms with Crippen molar-refractivity contribution in [2.24, 2.45) is 0 Å². The molecule has 0 unspecified atom stereocenters. The fraction of sp³-hybridized carbons (Fsp3) is 0.160. The van der Waals surface area contributed by atoms with E-state index in [0.717, 1.165) is 39.4 Å². The average molecular weight is 496 g/mol. The Hall–Kier alpha value is -3.00. The lowest BCUT2D eigenvalue weighted by atomic mass is 10.2. The van der Waals surface area contributed by atoms with Gasteiger partial charge in [-0.2, -0.15) is 0 Å². The van der Waals surface area contributed by atoms with Crippen LogP contribution in [0.2, 0.25) is 5.02 Å². The van der Waals surface area contributed by atoms with Crippen molar-refractivity contribution in [1.82, 2.24) is 10.3 Å². The van der Waals surface area contributed by atoms with Gasteiger partial charge in [-0.3, -0.25) is 10.1 Å². The third-order valence-corrected chi connectivity index (χ3v) is 6.45. The number of fused-ring (bicyclic) bond motifs is 1. The highest BCUT2D eigenvalue weighted by Crippen LogP contribution is 2.35. The number of nitrogens with one attached hydrogen (secondary N) is 2. The van der Waals surface area contributed by atoms with Gasteiger partial charge < -0.3 is 10.1 Å². The molecule has 1 aromatic heterocycles. The highest BCUT2D eigenvalue weighted by atomic mass is 35.5. The molecule has 0 aliphatic heterocycles. The largest absolute Gasteiger partial charge is 0.494 e. The normalized spacial score (nSPS) is 10.7. The van der Waals surface area contributed by atoms with Gasteiger partial charge in [-0.25, -0.2) is 4.98 Å². The summed E-state index contributed by atoms with van der Waals surface area (Å²) in [6, 6.07) is 20.5. The molecule has 8 heteroatoms. The first kappa shape index (κ1) is 23.2. The van der Waals surface area contributed by atoms with Crippen molar-refractivity contribution < 1.29 is 9.53 Å². The fourth-order valence-corrected chi connectivity index (χ4v) is 4.67. The number of rotatable bonds is 7. The van der Waals surface area contributed by atoms with Crippen molar-refractivity contribution in [3.05, 3.63) is 77.3 Å². The molecule has 0 spiro atoms. The number of carbonyl (C=O) groups excluding carboxylic acids is 1. The first-order valence-electron chi connectivity index (χ1n) is 10.5. The van der Waals surface area contributed by atoms with Crippen LogP contribution in [0.15, 0.2) is 66.7 Å². The molecule has 3 aromatic carbocycles. The van der Waals surface area contributed by atoms with Gasteiger partial charge in [0.1, 0.15) is 10.8 Å².